The highest BCUT2D eigenvalue weighted by Gasteiger charge is 2.04. The van der Waals surface area contributed by atoms with Gasteiger partial charge in [0.05, 0.1) is 19.4 Å². The van der Waals surface area contributed by atoms with Crippen LogP contribution in [0.3, 0.4) is 0 Å². The minimum atomic E-state index is 0.467. The van der Waals surface area contributed by atoms with Crippen molar-refractivity contribution < 1.29 is 9.15 Å². The third-order valence-electron chi connectivity index (χ3n) is 2.82. The number of hydrogen-bond donors (Lipinski definition) is 1. The lowest BCUT2D eigenvalue weighted by molar-refractivity contribution is 0.413. The van der Waals surface area contributed by atoms with Crippen LogP contribution < -0.4 is 10.1 Å². The fourth-order valence-corrected chi connectivity index (χ4v) is 2.58. The second-order valence-electron chi connectivity index (χ2n) is 4.87. The minimum Gasteiger partial charge on any atom is -0.497 e. The Labute approximate surface area is 124 Å². The molecule has 4 heteroatoms. The van der Waals surface area contributed by atoms with Crippen LogP contribution in [-0.2, 0) is 12.3 Å². The maximum absolute atomic E-state index is 5.80. The van der Waals surface area contributed by atoms with Crippen LogP contribution in [0.15, 0.2) is 45.7 Å². The van der Waals surface area contributed by atoms with Gasteiger partial charge in [-0.2, -0.15) is 0 Å². The predicted molar refractivity (Wildman–Crippen MR) is 83.2 cm³/mol. The quantitative estimate of drug-likeness (QED) is 0.780. The van der Waals surface area contributed by atoms with E-state index in [1.54, 1.807) is 18.9 Å². The fraction of sp³-hybridized carbons (Fsp3) is 0.375. The molecule has 0 aliphatic rings. The topological polar surface area (TPSA) is 34.4 Å². The van der Waals surface area contributed by atoms with Crippen LogP contribution in [0.5, 0.6) is 5.75 Å². The van der Waals surface area contributed by atoms with Gasteiger partial charge in [0.1, 0.15) is 17.3 Å². The largest absolute Gasteiger partial charge is 0.497 e. The van der Waals surface area contributed by atoms with Crippen molar-refractivity contribution in [1.82, 2.24) is 5.32 Å². The first kappa shape index (κ1) is 15.0. The summed E-state index contributed by atoms with van der Waals surface area (Å²) in [7, 11) is 1.68. The van der Waals surface area contributed by atoms with Crippen molar-refractivity contribution in [2.75, 3.05) is 7.11 Å². The van der Waals surface area contributed by atoms with Crippen LogP contribution in [0.2, 0.25) is 0 Å². The smallest absolute Gasteiger partial charge is 0.119 e. The molecule has 0 bridgehead atoms. The summed E-state index contributed by atoms with van der Waals surface area (Å²) in [6.45, 7) is 5.03. The van der Waals surface area contributed by atoms with Gasteiger partial charge in [-0.3, -0.25) is 0 Å². The van der Waals surface area contributed by atoms with Gasteiger partial charge >= 0.3 is 0 Å². The zero-order valence-corrected chi connectivity index (χ0v) is 13.0. The Morgan fingerprint density at radius 3 is 2.75 bits per heavy atom. The molecule has 2 aromatic rings. The molecule has 1 heterocycles. The lowest BCUT2D eigenvalue weighted by Crippen LogP contribution is -2.21. The van der Waals surface area contributed by atoms with E-state index in [0.29, 0.717) is 6.04 Å². The standard InChI is InChI=1S/C16H21NO2S/c1-12(2)17-10-14-7-8-15(19-14)11-20-16-6-4-5-13(9-16)18-3/h4-9,12,17H,10-11H2,1-3H3. The Kier molecular flexibility index (Phi) is 5.56. The molecule has 0 saturated carbocycles. The molecule has 0 saturated heterocycles. The summed E-state index contributed by atoms with van der Waals surface area (Å²) in [6, 6.07) is 12.6. The number of methoxy groups -OCH3 is 1. The van der Waals surface area contributed by atoms with Gasteiger partial charge in [0.15, 0.2) is 0 Å². The van der Waals surface area contributed by atoms with E-state index in [1.165, 1.54) is 4.90 Å². The number of hydrogen-bond acceptors (Lipinski definition) is 4. The van der Waals surface area contributed by atoms with E-state index in [9.17, 15) is 0 Å². The van der Waals surface area contributed by atoms with Crippen LogP contribution in [0.1, 0.15) is 25.4 Å². The molecule has 0 aliphatic heterocycles. The molecule has 20 heavy (non-hydrogen) atoms. The maximum atomic E-state index is 5.80. The molecule has 0 aliphatic carbocycles. The van der Waals surface area contributed by atoms with Crippen LogP contribution in [0, 0.1) is 0 Å². The number of ether oxygens (including phenoxy) is 1. The number of furan rings is 1. The summed E-state index contributed by atoms with van der Waals surface area (Å²) in [4.78, 5) is 1.18. The summed E-state index contributed by atoms with van der Waals surface area (Å²) in [5.74, 6) is 3.70. The van der Waals surface area contributed by atoms with Crippen molar-refractivity contribution in [2.24, 2.45) is 0 Å². The first-order valence-corrected chi connectivity index (χ1v) is 7.74. The lowest BCUT2D eigenvalue weighted by atomic mass is 10.3. The average molecular weight is 291 g/mol. The van der Waals surface area contributed by atoms with Crippen molar-refractivity contribution in [3.63, 3.8) is 0 Å². The number of nitrogens with one attached hydrogen (secondary N) is 1. The molecule has 0 atom stereocenters. The first-order chi connectivity index (χ1) is 9.67. The molecule has 2 rings (SSSR count). The number of rotatable bonds is 7. The van der Waals surface area contributed by atoms with Crippen molar-refractivity contribution in [2.45, 2.75) is 37.1 Å². The van der Waals surface area contributed by atoms with E-state index < -0.39 is 0 Å². The lowest BCUT2D eigenvalue weighted by Gasteiger charge is -2.05. The Bertz CT molecular complexity index is 537. The van der Waals surface area contributed by atoms with Gasteiger partial charge in [-0.15, -0.1) is 11.8 Å². The first-order valence-electron chi connectivity index (χ1n) is 6.75. The number of benzene rings is 1. The molecule has 1 N–H and O–H groups in total. The second-order valence-corrected chi connectivity index (χ2v) is 5.92. The van der Waals surface area contributed by atoms with Crippen molar-refractivity contribution in [3.05, 3.63) is 47.9 Å². The Balaban J connectivity index is 1.87. The molecular weight excluding hydrogens is 270 g/mol. The van der Waals surface area contributed by atoms with Gasteiger partial charge in [-0.1, -0.05) is 19.9 Å². The summed E-state index contributed by atoms with van der Waals surface area (Å²) in [5, 5.41) is 3.35. The van der Waals surface area contributed by atoms with Gasteiger partial charge in [-0.05, 0) is 30.3 Å². The highest BCUT2D eigenvalue weighted by Crippen LogP contribution is 2.26. The third kappa shape index (κ3) is 4.62. The molecule has 108 valence electrons. The average Bonchev–Trinajstić information content (AvgIpc) is 2.91. The molecule has 1 aromatic carbocycles. The summed E-state index contributed by atoms with van der Waals surface area (Å²) >= 11 is 1.75. The van der Waals surface area contributed by atoms with E-state index in [0.717, 1.165) is 29.6 Å². The molecule has 1 aromatic heterocycles. The van der Waals surface area contributed by atoms with Crippen LogP contribution in [0.25, 0.3) is 0 Å². The summed E-state index contributed by atoms with van der Waals surface area (Å²) in [6.07, 6.45) is 0. The van der Waals surface area contributed by atoms with Gasteiger partial charge in [0, 0.05) is 10.9 Å². The second kappa shape index (κ2) is 7.41. The van der Waals surface area contributed by atoms with Gasteiger partial charge in [-0.25, -0.2) is 0 Å². The van der Waals surface area contributed by atoms with E-state index in [1.807, 2.05) is 30.3 Å². The van der Waals surface area contributed by atoms with Crippen LogP contribution >= 0.6 is 11.8 Å². The summed E-state index contributed by atoms with van der Waals surface area (Å²) < 4.78 is 11.0. The molecular formula is C16H21NO2S. The normalized spacial score (nSPS) is 11.0. The molecule has 0 spiro atoms. The predicted octanol–water partition coefficient (Wildman–Crippen LogP) is 4.08. The van der Waals surface area contributed by atoms with Crippen LogP contribution in [-0.4, -0.2) is 13.2 Å². The Hall–Kier alpha value is -1.39. The minimum absolute atomic E-state index is 0.467. The Morgan fingerprint density at radius 1 is 1.20 bits per heavy atom. The third-order valence-corrected chi connectivity index (χ3v) is 3.84. The van der Waals surface area contributed by atoms with Crippen molar-refractivity contribution in [1.29, 1.82) is 0 Å². The monoisotopic (exact) mass is 291 g/mol. The Morgan fingerprint density at radius 2 is 2.00 bits per heavy atom. The van der Waals surface area contributed by atoms with E-state index in [-0.39, 0.29) is 0 Å². The zero-order chi connectivity index (χ0) is 14.4. The fourth-order valence-electron chi connectivity index (χ4n) is 1.75. The van der Waals surface area contributed by atoms with Gasteiger partial charge in [0.2, 0.25) is 0 Å². The number of thioether (sulfide) groups is 1. The van der Waals surface area contributed by atoms with Crippen LogP contribution in [0.4, 0.5) is 0 Å². The maximum Gasteiger partial charge on any atom is 0.119 e. The molecule has 0 unspecified atom stereocenters. The van der Waals surface area contributed by atoms with E-state index in [4.69, 9.17) is 9.15 Å². The highest BCUT2D eigenvalue weighted by atomic mass is 32.2. The highest BCUT2D eigenvalue weighted by molar-refractivity contribution is 7.98. The van der Waals surface area contributed by atoms with Crippen molar-refractivity contribution in [3.8, 4) is 5.75 Å². The summed E-state index contributed by atoms with van der Waals surface area (Å²) in [5.41, 5.74) is 0. The van der Waals surface area contributed by atoms with Gasteiger partial charge in [0.25, 0.3) is 0 Å². The van der Waals surface area contributed by atoms with E-state index in [2.05, 4.69) is 25.2 Å². The zero-order valence-electron chi connectivity index (χ0n) is 12.2. The molecule has 0 amide bonds. The van der Waals surface area contributed by atoms with E-state index >= 15 is 0 Å². The van der Waals surface area contributed by atoms with Crippen molar-refractivity contribution >= 4 is 11.8 Å². The molecule has 0 fully saturated rings. The van der Waals surface area contributed by atoms with Gasteiger partial charge < -0.3 is 14.5 Å². The molecule has 3 nitrogen and oxygen atoms in total. The SMILES string of the molecule is COc1cccc(SCc2ccc(CNC(C)C)o2)c1. The molecule has 0 radical (unpaired) electrons.